The molecule has 1 aromatic carbocycles. The number of ether oxygens (including phenoxy) is 1. The number of aliphatic carboxylic acids is 1. The standard InChI is InChI=1S/C22H26N2O7/c1-15-11-17(13-19(25)24-31-10-6-5-9-20(26)27)12-18(21(15)28)23-22(29)30-14-16-7-3-2-4-8-16/h2-4,7-8,11-12,15H,5-6,9-10,13-14H2,1H3,(H,23,29)(H,24,25)(H,26,27). The van der Waals surface area contributed by atoms with Crippen LogP contribution in [0.4, 0.5) is 4.79 Å². The summed E-state index contributed by atoms with van der Waals surface area (Å²) < 4.78 is 5.13. The van der Waals surface area contributed by atoms with Crippen LogP contribution in [-0.4, -0.2) is 35.5 Å². The van der Waals surface area contributed by atoms with Crippen molar-refractivity contribution in [3.8, 4) is 0 Å². The topological polar surface area (TPSA) is 131 Å². The van der Waals surface area contributed by atoms with E-state index in [1.54, 1.807) is 13.0 Å². The number of hydroxylamine groups is 1. The number of rotatable bonds is 11. The average molecular weight is 430 g/mol. The molecule has 0 aliphatic heterocycles. The van der Waals surface area contributed by atoms with Crippen LogP contribution in [-0.2, 0) is 30.6 Å². The monoisotopic (exact) mass is 430 g/mol. The minimum Gasteiger partial charge on any atom is -0.481 e. The van der Waals surface area contributed by atoms with Gasteiger partial charge in [-0.1, -0.05) is 43.3 Å². The molecule has 3 N–H and O–H groups in total. The number of benzene rings is 1. The van der Waals surface area contributed by atoms with E-state index in [2.05, 4.69) is 10.8 Å². The lowest BCUT2D eigenvalue weighted by Gasteiger charge is -2.18. The summed E-state index contributed by atoms with van der Waals surface area (Å²) in [6.07, 6.45) is 3.29. The van der Waals surface area contributed by atoms with E-state index in [4.69, 9.17) is 14.7 Å². The van der Waals surface area contributed by atoms with Gasteiger partial charge in [-0.05, 0) is 30.1 Å². The zero-order valence-electron chi connectivity index (χ0n) is 17.3. The van der Waals surface area contributed by atoms with E-state index < -0.39 is 23.9 Å². The number of ketones is 1. The summed E-state index contributed by atoms with van der Waals surface area (Å²) in [7, 11) is 0. The zero-order chi connectivity index (χ0) is 22.6. The number of allylic oxidation sites excluding steroid dienone is 3. The molecule has 31 heavy (non-hydrogen) atoms. The Bertz CT molecular complexity index is 862. The predicted octanol–water partition coefficient (Wildman–Crippen LogP) is 2.63. The van der Waals surface area contributed by atoms with Crippen LogP contribution in [0.25, 0.3) is 0 Å². The van der Waals surface area contributed by atoms with Crippen LogP contribution in [0.5, 0.6) is 0 Å². The molecule has 1 unspecified atom stereocenters. The van der Waals surface area contributed by atoms with Crippen LogP contribution in [0.15, 0.2) is 53.8 Å². The first kappa shape index (κ1) is 23.8. The predicted molar refractivity (Wildman–Crippen MR) is 110 cm³/mol. The van der Waals surface area contributed by atoms with Crippen LogP contribution in [0.2, 0.25) is 0 Å². The second-order valence-corrected chi connectivity index (χ2v) is 7.04. The van der Waals surface area contributed by atoms with E-state index >= 15 is 0 Å². The van der Waals surface area contributed by atoms with E-state index in [1.807, 2.05) is 30.3 Å². The third kappa shape index (κ3) is 8.83. The van der Waals surface area contributed by atoms with Gasteiger partial charge in [0.25, 0.3) is 0 Å². The zero-order valence-corrected chi connectivity index (χ0v) is 17.3. The van der Waals surface area contributed by atoms with Crippen molar-refractivity contribution in [2.45, 2.75) is 39.2 Å². The van der Waals surface area contributed by atoms with Crippen molar-refractivity contribution < 1.29 is 33.9 Å². The summed E-state index contributed by atoms with van der Waals surface area (Å²) in [5, 5.41) is 11.0. The molecule has 0 bridgehead atoms. The van der Waals surface area contributed by atoms with Gasteiger partial charge in [0.05, 0.1) is 18.7 Å². The quantitative estimate of drug-likeness (QED) is 0.363. The second kappa shape index (κ2) is 12.3. The summed E-state index contributed by atoms with van der Waals surface area (Å²) in [4.78, 5) is 51.9. The van der Waals surface area contributed by atoms with E-state index in [9.17, 15) is 19.2 Å². The van der Waals surface area contributed by atoms with E-state index in [1.165, 1.54) is 6.08 Å². The van der Waals surface area contributed by atoms with Gasteiger partial charge in [0.1, 0.15) is 6.61 Å². The molecule has 0 heterocycles. The number of carbonyl (C=O) groups excluding carboxylic acids is 3. The first-order valence-corrected chi connectivity index (χ1v) is 9.92. The van der Waals surface area contributed by atoms with Crippen molar-refractivity contribution in [2.75, 3.05) is 6.61 Å². The van der Waals surface area contributed by atoms with Crippen LogP contribution >= 0.6 is 0 Å². The van der Waals surface area contributed by atoms with Gasteiger partial charge in [0, 0.05) is 12.3 Å². The fourth-order valence-electron chi connectivity index (χ4n) is 2.83. The molecule has 1 atom stereocenters. The molecular weight excluding hydrogens is 404 g/mol. The smallest absolute Gasteiger partial charge is 0.412 e. The minimum atomic E-state index is -0.878. The number of hydrogen-bond acceptors (Lipinski definition) is 6. The molecule has 2 rings (SSSR count). The number of carbonyl (C=O) groups is 4. The molecule has 1 aliphatic carbocycles. The van der Waals surface area contributed by atoms with Gasteiger partial charge in [0.2, 0.25) is 5.91 Å². The molecule has 0 aromatic heterocycles. The van der Waals surface area contributed by atoms with Gasteiger partial charge in [-0.15, -0.1) is 0 Å². The summed E-state index contributed by atoms with van der Waals surface area (Å²) in [6, 6.07) is 9.13. The molecule has 1 aromatic rings. The molecule has 0 saturated carbocycles. The minimum absolute atomic E-state index is 0.0447. The molecule has 9 heteroatoms. The van der Waals surface area contributed by atoms with Crippen LogP contribution < -0.4 is 10.8 Å². The third-order valence-electron chi connectivity index (χ3n) is 4.36. The lowest BCUT2D eigenvalue weighted by molar-refractivity contribution is -0.138. The van der Waals surface area contributed by atoms with E-state index in [0.717, 1.165) is 5.56 Å². The lowest BCUT2D eigenvalue weighted by Crippen LogP contribution is -2.32. The number of unbranched alkanes of at least 4 members (excludes halogenated alkanes) is 1. The molecule has 166 valence electrons. The highest BCUT2D eigenvalue weighted by Gasteiger charge is 2.24. The highest BCUT2D eigenvalue weighted by molar-refractivity contribution is 6.02. The summed E-state index contributed by atoms with van der Waals surface area (Å²) in [6.45, 7) is 1.94. The summed E-state index contributed by atoms with van der Waals surface area (Å²) in [5.74, 6) is -2.09. The third-order valence-corrected chi connectivity index (χ3v) is 4.36. The van der Waals surface area contributed by atoms with Gasteiger partial charge >= 0.3 is 12.1 Å². The SMILES string of the molecule is CC1C=C(CC(=O)NOCCCCC(=O)O)C=C(NC(=O)OCc2ccccc2)C1=O. The van der Waals surface area contributed by atoms with Gasteiger partial charge < -0.3 is 9.84 Å². The van der Waals surface area contributed by atoms with Crippen molar-refractivity contribution in [3.05, 3.63) is 59.3 Å². The second-order valence-electron chi connectivity index (χ2n) is 7.04. The van der Waals surface area contributed by atoms with E-state index in [0.29, 0.717) is 18.4 Å². The molecule has 1 aliphatic rings. The number of hydrogen-bond donors (Lipinski definition) is 3. The first-order valence-electron chi connectivity index (χ1n) is 9.92. The molecule has 0 radical (unpaired) electrons. The maximum Gasteiger partial charge on any atom is 0.412 e. The van der Waals surface area contributed by atoms with Crippen LogP contribution in [0, 0.1) is 5.92 Å². The number of alkyl carbamates (subject to hydrolysis) is 1. The molecule has 0 saturated heterocycles. The summed E-state index contributed by atoms with van der Waals surface area (Å²) >= 11 is 0. The van der Waals surface area contributed by atoms with Gasteiger partial charge in [-0.3, -0.25) is 24.5 Å². The first-order chi connectivity index (χ1) is 14.8. The molecule has 0 spiro atoms. The fourth-order valence-corrected chi connectivity index (χ4v) is 2.83. The molecule has 0 fully saturated rings. The molecule has 9 nitrogen and oxygen atoms in total. The Labute approximate surface area is 180 Å². The molecule has 2 amide bonds. The van der Waals surface area contributed by atoms with Crippen molar-refractivity contribution in [2.24, 2.45) is 5.92 Å². The number of nitrogens with one attached hydrogen (secondary N) is 2. The van der Waals surface area contributed by atoms with Crippen molar-refractivity contribution in [3.63, 3.8) is 0 Å². The molecular formula is C22H26N2O7. The van der Waals surface area contributed by atoms with Crippen LogP contribution in [0.1, 0.15) is 38.2 Å². The maximum absolute atomic E-state index is 12.3. The van der Waals surface area contributed by atoms with Crippen molar-refractivity contribution in [1.29, 1.82) is 0 Å². The fraction of sp³-hybridized carbons (Fsp3) is 0.364. The highest BCUT2D eigenvalue weighted by atomic mass is 16.6. The van der Waals surface area contributed by atoms with Crippen LogP contribution in [0.3, 0.4) is 0 Å². The Morgan fingerprint density at radius 3 is 2.58 bits per heavy atom. The largest absolute Gasteiger partial charge is 0.481 e. The number of carboxylic acid groups (broad SMARTS) is 1. The maximum atomic E-state index is 12.3. The Kier molecular flexibility index (Phi) is 9.44. The van der Waals surface area contributed by atoms with Gasteiger partial charge in [-0.25, -0.2) is 10.3 Å². The van der Waals surface area contributed by atoms with Gasteiger partial charge in [0.15, 0.2) is 5.78 Å². The Hall–Kier alpha value is -3.46. The van der Waals surface area contributed by atoms with Gasteiger partial charge in [-0.2, -0.15) is 0 Å². The Balaban J connectivity index is 1.80. The summed E-state index contributed by atoms with van der Waals surface area (Å²) in [5.41, 5.74) is 3.71. The Morgan fingerprint density at radius 2 is 1.87 bits per heavy atom. The lowest BCUT2D eigenvalue weighted by atomic mass is 9.92. The van der Waals surface area contributed by atoms with Crippen molar-refractivity contribution in [1.82, 2.24) is 10.8 Å². The number of amides is 2. The van der Waals surface area contributed by atoms with Crippen molar-refractivity contribution >= 4 is 23.8 Å². The normalized spacial score (nSPS) is 15.5. The highest BCUT2D eigenvalue weighted by Crippen LogP contribution is 2.20. The number of Topliss-reactive ketones (excluding diaryl/α,β-unsaturated/α-hetero) is 1. The Morgan fingerprint density at radius 1 is 1.13 bits per heavy atom. The number of carboxylic acids is 1. The average Bonchev–Trinajstić information content (AvgIpc) is 2.73. The van der Waals surface area contributed by atoms with E-state index in [-0.39, 0.29) is 37.5 Å².